The first-order valence-electron chi connectivity index (χ1n) is 7.21. The predicted molar refractivity (Wildman–Crippen MR) is 81.3 cm³/mol. The van der Waals surface area contributed by atoms with E-state index in [0.717, 1.165) is 0 Å². The topological polar surface area (TPSA) is 67.6 Å². The SMILES string of the molecule is O=C(c1ccco1)N1CCC(S(=O)(=O)c2ccccc2)CC1. The Morgan fingerprint density at radius 2 is 1.73 bits per heavy atom. The molecule has 1 amide bonds. The highest BCUT2D eigenvalue weighted by Gasteiger charge is 2.33. The van der Waals surface area contributed by atoms with Crippen molar-refractivity contribution in [2.75, 3.05) is 13.1 Å². The van der Waals surface area contributed by atoms with Crippen molar-refractivity contribution in [2.24, 2.45) is 0 Å². The van der Waals surface area contributed by atoms with Gasteiger partial charge in [-0.3, -0.25) is 4.79 Å². The van der Waals surface area contributed by atoms with Gasteiger partial charge in [0.2, 0.25) is 0 Å². The molecule has 2 heterocycles. The van der Waals surface area contributed by atoms with E-state index in [2.05, 4.69) is 0 Å². The molecule has 0 radical (unpaired) electrons. The van der Waals surface area contributed by atoms with E-state index in [-0.39, 0.29) is 5.91 Å². The van der Waals surface area contributed by atoms with Crippen LogP contribution in [0.4, 0.5) is 0 Å². The average molecular weight is 319 g/mol. The molecule has 2 aromatic rings. The van der Waals surface area contributed by atoms with Crippen LogP contribution in [0.2, 0.25) is 0 Å². The number of sulfone groups is 1. The van der Waals surface area contributed by atoms with Crippen molar-refractivity contribution in [3.8, 4) is 0 Å². The van der Waals surface area contributed by atoms with Crippen LogP contribution in [0.5, 0.6) is 0 Å². The van der Waals surface area contributed by atoms with Gasteiger partial charge in [0.25, 0.3) is 5.91 Å². The lowest BCUT2D eigenvalue weighted by molar-refractivity contribution is 0.0693. The second kappa shape index (κ2) is 5.96. The van der Waals surface area contributed by atoms with Crippen LogP contribution in [0.1, 0.15) is 23.4 Å². The van der Waals surface area contributed by atoms with Crippen LogP contribution in [0, 0.1) is 0 Å². The van der Waals surface area contributed by atoms with E-state index < -0.39 is 15.1 Å². The Kier molecular flexibility index (Phi) is 4.02. The van der Waals surface area contributed by atoms with E-state index in [1.54, 1.807) is 47.4 Å². The molecule has 1 aliphatic heterocycles. The number of carbonyl (C=O) groups excluding carboxylic acids is 1. The number of carbonyl (C=O) groups is 1. The molecule has 0 saturated carbocycles. The van der Waals surface area contributed by atoms with E-state index in [1.165, 1.54) is 6.26 Å². The van der Waals surface area contributed by atoms with Crippen LogP contribution in [-0.2, 0) is 9.84 Å². The zero-order valence-electron chi connectivity index (χ0n) is 12.0. The molecule has 3 rings (SSSR count). The van der Waals surface area contributed by atoms with Crippen molar-refractivity contribution in [1.29, 1.82) is 0 Å². The summed E-state index contributed by atoms with van der Waals surface area (Å²) in [6.07, 6.45) is 2.35. The summed E-state index contributed by atoms with van der Waals surface area (Å²) < 4.78 is 30.2. The van der Waals surface area contributed by atoms with Gasteiger partial charge in [0.15, 0.2) is 15.6 Å². The fourth-order valence-corrected chi connectivity index (χ4v) is 4.48. The van der Waals surface area contributed by atoms with Crippen molar-refractivity contribution in [3.05, 3.63) is 54.5 Å². The quantitative estimate of drug-likeness (QED) is 0.871. The van der Waals surface area contributed by atoms with Crippen molar-refractivity contribution < 1.29 is 17.6 Å². The maximum atomic E-state index is 12.6. The number of furan rings is 1. The maximum Gasteiger partial charge on any atom is 0.289 e. The first kappa shape index (κ1) is 14.8. The lowest BCUT2D eigenvalue weighted by atomic mass is 10.1. The van der Waals surface area contributed by atoms with E-state index >= 15 is 0 Å². The van der Waals surface area contributed by atoms with Crippen molar-refractivity contribution in [2.45, 2.75) is 23.0 Å². The number of rotatable bonds is 3. The number of piperidine rings is 1. The number of likely N-dealkylation sites (tertiary alicyclic amines) is 1. The van der Waals surface area contributed by atoms with Gasteiger partial charge in [-0.15, -0.1) is 0 Å². The average Bonchev–Trinajstić information content (AvgIpc) is 3.09. The van der Waals surface area contributed by atoms with Gasteiger partial charge in [-0.05, 0) is 37.1 Å². The molecule has 1 aliphatic rings. The van der Waals surface area contributed by atoms with Gasteiger partial charge in [-0.2, -0.15) is 0 Å². The maximum absolute atomic E-state index is 12.6. The van der Waals surface area contributed by atoms with Gasteiger partial charge in [0.05, 0.1) is 16.4 Å². The Morgan fingerprint density at radius 1 is 1.05 bits per heavy atom. The van der Waals surface area contributed by atoms with Crippen molar-refractivity contribution in [3.63, 3.8) is 0 Å². The molecule has 1 aromatic heterocycles. The molecule has 1 saturated heterocycles. The monoisotopic (exact) mass is 319 g/mol. The lowest BCUT2D eigenvalue weighted by Gasteiger charge is -2.31. The predicted octanol–water partition coefficient (Wildman–Crippen LogP) is 2.36. The Bertz CT molecular complexity index is 730. The minimum absolute atomic E-state index is 0.180. The van der Waals surface area contributed by atoms with Gasteiger partial charge in [0, 0.05) is 13.1 Å². The van der Waals surface area contributed by atoms with Crippen LogP contribution in [0.25, 0.3) is 0 Å². The lowest BCUT2D eigenvalue weighted by Crippen LogP contribution is -2.42. The highest BCUT2D eigenvalue weighted by Crippen LogP contribution is 2.25. The Hall–Kier alpha value is -2.08. The van der Waals surface area contributed by atoms with Crippen LogP contribution in [0.3, 0.4) is 0 Å². The molecule has 0 aliphatic carbocycles. The number of hydrogen-bond acceptors (Lipinski definition) is 4. The molecule has 0 N–H and O–H groups in total. The van der Waals surface area contributed by atoms with Gasteiger partial charge < -0.3 is 9.32 Å². The molecule has 116 valence electrons. The minimum Gasteiger partial charge on any atom is -0.459 e. The number of hydrogen-bond donors (Lipinski definition) is 0. The molecule has 0 spiro atoms. The molecule has 1 fully saturated rings. The van der Waals surface area contributed by atoms with E-state index in [4.69, 9.17) is 4.42 Å². The third-order valence-electron chi connectivity index (χ3n) is 3.97. The summed E-state index contributed by atoms with van der Waals surface area (Å²) in [6, 6.07) is 11.8. The molecule has 5 nitrogen and oxygen atoms in total. The Morgan fingerprint density at radius 3 is 2.32 bits per heavy atom. The van der Waals surface area contributed by atoms with Gasteiger partial charge in [0.1, 0.15) is 0 Å². The second-order valence-corrected chi connectivity index (χ2v) is 7.56. The van der Waals surface area contributed by atoms with Gasteiger partial charge in [-0.25, -0.2) is 8.42 Å². The zero-order valence-corrected chi connectivity index (χ0v) is 12.8. The molecular formula is C16H17NO4S. The van der Waals surface area contributed by atoms with Crippen LogP contribution >= 0.6 is 0 Å². The van der Waals surface area contributed by atoms with E-state index in [1.807, 2.05) is 0 Å². The number of amides is 1. The molecule has 0 bridgehead atoms. The summed E-state index contributed by atoms with van der Waals surface area (Å²) in [5.41, 5.74) is 0. The third kappa shape index (κ3) is 2.78. The fourth-order valence-electron chi connectivity index (χ4n) is 2.73. The zero-order chi connectivity index (χ0) is 15.6. The standard InChI is InChI=1S/C16H17NO4S/c18-16(15-7-4-12-21-15)17-10-8-14(9-11-17)22(19,20)13-5-2-1-3-6-13/h1-7,12,14H,8-11H2. The normalized spacial score (nSPS) is 16.6. The summed E-state index contributed by atoms with van der Waals surface area (Å²) in [5, 5.41) is -0.435. The second-order valence-electron chi connectivity index (χ2n) is 5.33. The molecular weight excluding hydrogens is 302 g/mol. The van der Waals surface area contributed by atoms with Crippen molar-refractivity contribution >= 4 is 15.7 Å². The first-order valence-corrected chi connectivity index (χ1v) is 8.75. The van der Waals surface area contributed by atoms with Crippen LogP contribution in [0.15, 0.2) is 58.0 Å². The van der Waals surface area contributed by atoms with E-state index in [9.17, 15) is 13.2 Å². The van der Waals surface area contributed by atoms with Crippen LogP contribution in [-0.4, -0.2) is 37.6 Å². The summed E-state index contributed by atoms with van der Waals surface area (Å²) in [5.74, 6) is 0.116. The van der Waals surface area contributed by atoms with Crippen molar-refractivity contribution in [1.82, 2.24) is 4.90 Å². The van der Waals surface area contributed by atoms with E-state index in [0.29, 0.717) is 36.6 Å². The molecule has 22 heavy (non-hydrogen) atoms. The highest BCUT2D eigenvalue weighted by atomic mass is 32.2. The van der Waals surface area contributed by atoms with Gasteiger partial charge >= 0.3 is 0 Å². The fraction of sp³-hybridized carbons (Fsp3) is 0.312. The smallest absolute Gasteiger partial charge is 0.289 e. The first-order chi connectivity index (χ1) is 10.6. The Labute approximate surface area is 129 Å². The molecule has 0 atom stereocenters. The molecule has 0 unspecified atom stereocenters. The Balaban J connectivity index is 1.68. The number of nitrogens with zero attached hydrogens (tertiary/aromatic N) is 1. The summed E-state index contributed by atoms with van der Waals surface area (Å²) in [6.45, 7) is 0.854. The van der Waals surface area contributed by atoms with Crippen LogP contribution < -0.4 is 0 Å². The largest absolute Gasteiger partial charge is 0.459 e. The number of benzene rings is 1. The van der Waals surface area contributed by atoms with Gasteiger partial charge in [-0.1, -0.05) is 18.2 Å². The minimum atomic E-state index is -3.33. The highest BCUT2D eigenvalue weighted by molar-refractivity contribution is 7.92. The molecule has 1 aromatic carbocycles. The summed E-state index contributed by atoms with van der Waals surface area (Å²) in [7, 11) is -3.33. The third-order valence-corrected chi connectivity index (χ3v) is 6.25. The molecule has 6 heteroatoms. The summed E-state index contributed by atoms with van der Waals surface area (Å²) in [4.78, 5) is 14.2. The summed E-state index contributed by atoms with van der Waals surface area (Å²) >= 11 is 0.